The molecule has 6 nitrogen and oxygen atoms in total. The lowest BCUT2D eigenvalue weighted by molar-refractivity contribution is 0.495. The van der Waals surface area contributed by atoms with Gasteiger partial charge in [0.1, 0.15) is 12.1 Å². The van der Waals surface area contributed by atoms with E-state index in [1.807, 2.05) is 36.0 Å². The number of nitrogens with one attached hydrogen (secondary N) is 1. The first-order chi connectivity index (χ1) is 10.7. The van der Waals surface area contributed by atoms with Crippen LogP contribution < -0.4 is 5.32 Å². The van der Waals surface area contributed by atoms with E-state index in [2.05, 4.69) is 27.4 Å². The molecule has 3 aromatic rings. The zero-order valence-electron chi connectivity index (χ0n) is 12.7. The van der Waals surface area contributed by atoms with Crippen LogP contribution in [0, 0.1) is 0 Å². The molecule has 3 aromatic heterocycles. The van der Waals surface area contributed by atoms with E-state index in [0.717, 1.165) is 35.7 Å². The summed E-state index contributed by atoms with van der Waals surface area (Å²) < 4.78 is 7.23. The summed E-state index contributed by atoms with van der Waals surface area (Å²) in [4.78, 5) is 4.28. The first-order valence-corrected chi connectivity index (χ1v) is 7.30. The number of aryl methyl sites for hydroxylation is 2. The summed E-state index contributed by atoms with van der Waals surface area (Å²) in [6.45, 7) is 2.15. The largest absolute Gasteiger partial charge is 0.469 e. The van der Waals surface area contributed by atoms with Gasteiger partial charge in [-0.25, -0.2) is 0 Å². The van der Waals surface area contributed by atoms with Crippen molar-refractivity contribution in [3.8, 4) is 11.4 Å². The molecule has 0 radical (unpaired) electrons. The number of pyridine rings is 1. The van der Waals surface area contributed by atoms with E-state index in [-0.39, 0.29) is 0 Å². The van der Waals surface area contributed by atoms with Crippen LogP contribution in [-0.4, -0.2) is 25.8 Å². The Morgan fingerprint density at radius 2 is 2.27 bits per heavy atom. The average Bonchev–Trinajstić information content (AvgIpc) is 3.16. The third-order valence-electron chi connectivity index (χ3n) is 3.52. The standard InChI is InChI=1S/C16H19N5O/c1-12(5-6-15-4-3-7-22-15)19-14-8-13(9-17-10-14)16-20-18-11-21(16)2/h3-4,7-12,19H,5-6H2,1-2H3/t12-/m1/s1. The molecule has 0 fully saturated rings. The zero-order chi connectivity index (χ0) is 15.4. The second kappa shape index (κ2) is 6.43. The molecular weight excluding hydrogens is 278 g/mol. The molecule has 0 aromatic carbocycles. The van der Waals surface area contributed by atoms with Crippen molar-refractivity contribution < 1.29 is 4.42 Å². The third-order valence-corrected chi connectivity index (χ3v) is 3.52. The van der Waals surface area contributed by atoms with Crippen molar-refractivity contribution in [2.45, 2.75) is 25.8 Å². The normalized spacial score (nSPS) is 12.3. The van der Waals surface area contributed by atoms with E-state index >= 15 is 0 Å². The highest BCUT2D eigenvalue weighted by Crippen LogP contribution is 2.19. The number of hydrogen-bond donors (Lipinski definition) is 1. The molecule has 114 valence electrons. The molecule has 1 atom stereocenters. The van der Waals surface area contributed by atoms with Crippen molar-refractivity contribution in [2.24, 2.45) is 7.05 Å². The molecule has 0 aliphatic carbocycles. The summed E-state index contributed by atoms with van der Waals surface area (Å²) >= 11 is 0. The van der Waals surface area contributed by atoms with Crippen molar-refractivity contribution in [3.05, 3.63) is 48.9 Å². The number of furan rings is 1. The highest BCUT2D eigenvalue weighted by atomic mass is 16.3. The van der Waals surface area contributed by atoms with Gasteiger partial charge in [0.15, 0.2) is 5.82 Å². The summed E-state index contributed by atoms with van der Waals surface area (Å²) in [5.74, 6) is 1.82. The molecule has 3 rings (SSSR count). The summed E-state index contributed by atoms with van der Waals surface area (Å²) in [6, 6.07) is 6.28. The third kappa shape index (κ3) is 3.33. The van der Waals surface area contributed by atoms with Crippen LogP contribution in [0.5, 0.6) is 0 Å². The number of hydrogen-bond acceptors (Lipinski definition) is 5. The fraction of sp³-hybridized carbons (Fsp3) is 0.312. The SMILES string of the molecule is C[C@H](CCc1ccco1)Nc1cncc(-c2nncn2C)c1. The van der Waals surface area contributed by atoms with Crippen molar-refractivity contribution in [2.75, 3.05) is 5.32 Å². The first kappa shape index (κ1) is 14.3. The highest BCUT2D eigenvalue weighted by molar-refractivity contribution is 5.60. The van der Waals surface area contributed by atoms with Crippen LogP contribution in [0.25, 0.3) is 11.4 Å². The van der Waals surface area contributed by atoms with E-state index < -0.39 is 0 Å². The Kier molecular flexibility index (Phi) is 4.18. The Morgan fingerprint density at radius 1 is 1.36 bits per heavy atom. The number of nitrogens with zero attached hydrogens (tertiary/aromatic N) is 4. The summed E-state index contributed by atoms with van der Waals surface area (Å²) in [7, 11) is 1.92. The fourth-order valence-corrected chi connectivity index (χ4v) is 2.36. The predicted octanol–water partition coefficient (Wildman–Crippen LogP) is 2.90. The molecule has 0 saturated heterocycles. The van der Waals surface area contributed by atoms with Gasteiger partial charge in [0.2, 0.25) is 0 Å². The predicted molar refractivity (Wildman–Crippen MR) is 84.3 cm³/mol. The van der Waals surface area contributed by atoms with Gasteiger partial charge in [-0.3, -0.25) is 4.98 Å². The monoisotopic (exact) mass is 297 g/mol. The number of rotatable bonds is 6. The molecule has 0 bridgehead atoms. The molecule has 1 N–H and O–H groups in total. The molecule has 0 saturated carbocycles. The van der Waals surface area contributed by atoms with Crippen LogP contribution >= 0.6 is 0 Å². The summed E-state index contributed by atoms with van der Waals surface area (Å²) in [6.07, 6.45) is 8.91. The Morgan fingerprint density at radius 3 is 3.00 bits per heavy atom. The van der Waals surface area contributed by atoms with Crippen molar-refractivity contribution in [1.29, 1.82) is 0 Å². The van der Waals surface area contributed by atoms with E-state index in [4.69, 9.17) is 4.42 Å². The van der Waals surface area contributed by atoms with Crippen LogP contribution in [0.2, 0.25) is 0 Å². The lowest BCUT2D eigenvalue weighted by Crippen LogP contribution is -2.16. The minimum Gasteiger partial charge on any atom is -0.469 e. The lowest BCUT2D eigenvalue weighted by Gasteiger charge is -2.15. The maximum absolute atomic E-state index is 5.36. The Balaban J connectivity index is 1.64. The van der Waals surface area contributed by atoms with E-state index in [1.54, 1.807) is 18.8 Å². The Labute approximate surface area is 129 Å². The summed E-state index contributed by atoms with van der Waals surface area (Å²) in [5.41, 5.74) is 1.93. The van der Waals surface area contributed by atoms with Gasteiger partial charge in [-0.05, 0) is 31.5 Å². The maximum Gasteiger partial charge on any atom is 0.165 e. The summed E-state index contributed by atoms with van der Waals surface area (Å²) in [5, 5.41) is 11.5. The van der Waals surface area contributed by atoms with Gasteiger partial charge in [0, 0.05) is 37.5 Å². The van der Waals surface area contributed by atoms with Gasteiger partial charge in [-0.2, -0.15) is 0 Å². The van der Waals surface area contributed by atoms with E-state index in [0.29, 0.717) is 6.04 Å². The fourth-order valence-electron chi connectivity index (χ4n) is 2.36. The average molecular weight is 297 g/mol. The van der Waals surface area contributed by atoms with Gasteiger partial charge in [-0.1, -0.05) is 0 Å². The molecule has 0 aliphatic rings. The van der Waals surface area contributed by atoms with Gasteiger partial charge in [0.25, 0.3) is 0 Å². The van der Waals surface area contributed by atoms with Crippen molar-refractivity contribution >= 4 is 5.69 Å². The quantitative estimate of drug-likeness (QED) is 0.757. The number of aromatic nitrogens is 4. The van der Waals surface area contributed by atoms with Crippen LogP contribution in [-0.2, 0) is 13.5 Å². The maximum atomic E-state index is 5.36. The van der Waals surface area contributed by atoms with Gasteiger partial charge < -0.3 is 14.3 Å². The van der Waals surface area contributed by atoms with Gasteiger partial charge in [0.05, 0.1) is 12.0 Å². The van der Waals surface area contributed by atoms with Gasteiger partial charge in [-0.15, -0.1) is 10.2 Å². The minimum absolute atomic E-state index is 0.321. The number of anilines is 1. The first-order valence-electron chi connectivity index (χ1n) is 7.30. The molecule has 3 heterocycles. The highest BCUT2D eigenvalue weighted by Gasteiger charge is 2.08. The Hall–Kier alpha value is -2.63. The molecule has 0 spiro atoms. The van der Waals surface area contributed by atoms with Crippen molar-refractivity contribution in [1.82, 2.24) is 19.7 Å². The second-order valence-corrected chi connectivity index (χ2v) is 5.39. The van der Waals surface area contributed by atoms with E-state index in [9.17, 15) is 0 Å². The molecule has 0 aliphatic heterocycles. The minimum atomic E-state index is 0.321. The van der Waals surface area contributed by atoms with Crippen molar-refractivity contribution in [3.63, 3.8) is 0 Å². The second-order valence-electron chi connectivity index (χ2n) is 5.39. The molecule has 6 heteroatoms. The van der Waals surface area contributed by atoms with Gasteiger partial charge >= 0.3 is 0 Å². The van der Waals surface area contributed by atoms with Crippen LogP contribution in [0.15, 0.2) is 47.6 Å². The molecule has 0 unspecified atom stereocenters. The van der Waals surface area contributed by atoms with Crippen LogP contribution in [0.4, 0.5) is 5.69 Å². The zero-order valence-corrected chi connectivity index (χ0v) is 12.7. The Bertz CT molecular complexity index is 720. The molecular formula is C16H19N5O. The lowest BCUT2D eigenvalue weighted by atomic mass is 10.1. The van der Waals surface area contributed by atoms with E-state index in [1.165, 1.54) is 0 Å². The van der Waals surface area contributed by atoms with Crippen LogP contribution in [0.1, 0.15) is 19.1 Å². The smallest absolute Gasteiger partial charge is 0.165 e. The molecule has 0 amide bonds. The molecule has 22 heavy (non-hydrogen) atoms. The topological polar surface area (TPSA) is 68.8 Å². The van der Waals surface area contributed by atoms with Crippen LogP contribution in [0.3, 0.4) is 0 Å².